The van der Waals surface area contributed by atoms with E-state index in [1.807, 2.05) is 6.92 Å². The third-order valence-electron chi connectivity index (χ3n) is 6.02. The Bertz CT molecular complexity index is 894. The molecule has 0 bridgehead atoms. The van der Waals surface area contributed by atoms with Crippen LogP contribution in [0, 0.1) is 5.92 Å². The predicted molar refractivity (Wildman–Crippen MR) is 98.5 cm³/mol. The maximum absolute atomic E-state index is 12.9. The second kappa shape index (κ2) is 6.98. The fourth-order valence-electron chi connectivity index (χ4n) is 4.31. The number of carbonyl (C=O) groups is 5. The summed E-state index contributed by atoms with van der Waals surface area (Å²) in [6.07, 6.45) is 3.19. The molecule has 1 spiro atoms. The van der Waals surface area contributed by atoms with Gasteiger partial charge in [-0.2, -0.15) is 0 Å². The van der Waals surface area contributed by atoms with E-state index in [-0.39, 0.29) is 17.0 Å². The van der Waals surface area contributed by atoms with E-state index in [0.717, 1.165) is 29.1 Å². The van der Waals surface area contributed by atoms with Crippen LogP contribution < -0.4 is 5.32 Å². The molecule has 1 aromatic rings. The topological polar surface area (TPSA) is 113 Å². The average molecular weight is 399 g/mol. The normalized spacial score (nSPS) is 26.2. The van der Waals surface area contributed by atoms with Crippen LogP contribution in [0.15, 0.2) is 24.3 Å². The molecule has 9 heteroatoms. The first kappa shape index (κ1) is 19.1. The molecular weight excluding hydrogens is 378 g/mol. The van der Waals surface area contributed by atoms with Crippen LogP contribution in [0.25, 0.3) is 0 Å². The highest BCUT2D eigenvalue weighted by Gasteiger charge is 2.55. The Morgan fingerprint density at radius 2 is 1.76 bits per heavy atom. The number of esters is 1. The smallest absolute Gasteiger partial charge is 0.328 e. The number of fused-ring (bicyclic) bond motifs is 1. The number of nitrogens with zero attached hydrogens (tertiary/aromatic N) is 2. The van der Waals surface area contributed by atoms with Crippen LogP contribution in [0.1, 0.15) is 53.3 Å². The zero-order chi connectivity index (χ0) is 20.8. The van der Waals surface area contributed by atoms with Crippen LogP contribution in [-0.2, 0) is 14.3 Å². The Morgan fingerprint density at radius 1 is 1.10 bits per heavy atom. The fourth-order valence-corrected chi connectivity index (χ4v) is 4.31. The van der Waals surface area contributed by atoms with Gasteiger partial charge in [0.15, 0.2) is 6.73 Å². The Hall–Kier alpha value is -3.23. The molecule has 5 amide bonds. The number of urea groups is 1. The molecule has 0 aromatic heterocycles. The van der Waals surface area contributed by atoms with Crippen LogP contribution in [0.2, 0.25) is 0 Å². The van der Waals surface area contributed by atoms with Crippen molar-refractivity contribution in [1.29, 1.82) is 0 Å². The molecule has 1 saturated heterocycles. The molecule has 2 atom stereocenters. The van der Waals surface area contributed by atoms with Gasteiger partial charge in [-0.1, -0.05) is 31.9 Å². The summed E-state index contributed by atoms with van der Waals surface area (Å²) in [6.45, 7) is 0.778. The standard InChI is InChI=1S/C20H21N3O6/c1-12-6-4-5-9-20(12)18(27)22(19(28)21-20)10-15(24)29-11-23-16(25)13-7-2-3-8-14(13)17(23)26/h2-3,7-8,12H,4-6,9-11H2,1H3,(H,21,28)/t12-,20-/m0/s1. The molecule has 2 heterocycles. The van der Waals surface area contributed by atoms with E-state index < -0.39 is 48.5 Å². The Kier molecular flexibility index (Phi) is 4.60. The van der Waals surface area contributed by atoms with Crippen LogP contribution in [0.3, 0.4) is 0 Å². The quantitative estimate of drug-likeness (QED) is 0.464. The number of carbonyl (C=O) groups excluding carboxylic acids is 5. The number of nitrogens with one attached hydrogen (secondary N) is 1. The summed E-state index contributed by atoms with van der Waals surface area (Å²) in [6, 6.07) is 5.70. The highest BCUT2D eigenvalue weighted by atomic mass is 16.5. The van der Waals surface area contributed by atoms with Gasteiger partial charge >= 0.3 is 12.0 Å². The van der Waals surface area contributed by atoms with Gasteiger partial charge in [0.1, 0.15) is 12.1 Å². The predicted octanol–water partition coefficient (Wildman–Crippen LogP) is 1.28. The molecule has 3 aliphatic rings. The van der Waals surface area contributed by atoms with Crippen molar-refractivity contribution in [3.8, 4) is 0 Å². The van der Waals surface area contributed by atoms with Gasteiger partial charge in [0.2, 0.25) is 0 Å². The Labute approximate surface area is 167 Å². The molecule has 2 fully saturated rings. The van der Waals surface area contributed by atoms with Crippen molar-refractivity contribution < 1.29 is 28.7 Å². The molecular formula is C20H21N3O6. The number of imide groups is 2. The summed E-state index contributed by atoms with van der Waals surface area (Å²) in [5.74, 6) is -2.42. The van der Waals surface area contributed by atoms with E-state index in [1.165, 1.54) is 12.1 Å². The molecule has 0 radical (unpaired) electrons. The van der Waals surface area contributed by atoms with Crippen LogP contribution in [0.5, 0.6) is 0 Å². The number of ether oxygens (including phenoxy) is 1. The zero-order valence-corrected chi connectivity index (χ0v) is 16.0. The van der Waals surface area contributed by atoms with E-state index in [4.69, 9.17) is 4.74 Å². The monoisotopic (exact) mass is 399 g/mol. The van der Waals surface area contributed by atoms with E-state index in [0.29, 0.717) is 6.42 Å². The van der Waals surface area contributed by atoms with Crippen molar-refractivity contribution >= 4 is 29.7 Å². The molecule has 1 N–H and O–H groups in total. The van der Waals surface area contributed by atoms with E-state index in [2.05, 4.69) is 5.32 Å². The van der Waals surface area contributed by atoms with Crippen LogP contribution in [0.4, 0.5) is 4.79 Å². The van der Waals surface area contributed by atoms with Gasteiger partial charge in [0, 0.05) is 0 Å². The molecule has 2 aliphatic heterocycles. The molecule has 152 valence electrons. The van der Waals surface area contributed by atoms with Crippen molar-refractivity contribution in [3.63, 3.8) is 0 Å². The maximum Gasteiger partial charge on any atom is 0.328 e. The number of amides is 5. The third kappa shape index (κ3) is 2.97. The van der Waals surface area contributed by atoms with E-state index >= 15 is 0 Å². The lowest BCUT2D eigenvalue weighted by Crippen LogP contribution is -2.54. The van der Waals surface area contributed by atoms with E-state index in [1.54, 1.807) is 12.1 Å². The molecule has 1 aliphatic carbocycles. The van der Waals surface area contributed by atoms with Gasteiger partial charge in [-0.15, -0.1) is 0 Å². The van der Waals surface area contributed by atoms with Gasteiger partial charge in [-0.05, 0) is 30.9 Å². The Morgan fingerprint density at radius 3 is 2.38 bits per heavy atom. The fraction of sp³-hybridized carbons (Fsp3) is 0.450. The summed E-state index contributed by atoms with van der Waals surface area (Å²) >= 11 is 0. The first-order chi connectivity index (χ1) is 13.8. The van der Waals surface area contributed by atoms with Crippen molar-refractivity contribution in [2.75, 3.05) is 13.3 Å². The highest BCUT2D eigenvalue weighted by molar-refractivity contribution is 6.21. The van der Waals surface area contributed by atoms with Gasteiger partial charge in [-0.25, -0.2) is 9.69 Å². The minimum absolute atomic E-state index is 0.0212. The molecule has 29 heavy (non-hydrogen) atoms. The summed E-state index contributed by atoms with van der Waals surface area (Å²) < 4.78 is 5.03. The molecule has 0 unspecified atom stereocenters. The van der Waals surface area contributed by atoms with Crippen LogP contribution >= 0.6 is 0 Å². The lowest BCUT2D eigenvalue weighted by atomic mass is 9.73. The van der Waals surface area contributed by atoms with Gasteiger partial charge in [0.25, 0.3) is 17.7 Å². The SMILES string of the molecule is C[C@H]1CCCC[C@]12NC(=O)N(CC(=O)OCN1C(=O)c3ccccc3C1=O)C2=O. The number of hydrogen-bond acceptors (Lipinski definition) is 6. The number of hydrogen-bond donors (Lipinski definition) is 1. The molecule has 4 rings (SSSR count). The maximum atomic E-state index is 12.9. The minimum Gasteiger partial charge on any atom is -0.442 e. The molecule has 1 aromatic carbocycles. The third-order valence-corrected chi connectivity index (χ3v) is 6.02. The second-order valence-corrected chi connectivity index (χ2v) is 7.67. The summed E-state index contributed by atoms with van der Waals surface area (Å²) in [4.78, 5) is 63.7. The Balaban J connectivity index is 1.38. The second-order valence-electron chi connectivity index (χ2n) is 7.67. The highest BCUT2D eigenvalue weighted by Crippen LogP contribution is 2.38. The van der Waals surface area contributed by atoms with Crippen molar-refractivity contribution in [1.82, 2.24) is 15.1 Å². The van der Waals surface area contributed by atoms with Gasteiger partial charge < -0.3 is 10.1 Å². The number of rotatable bonds is 4. The minimum atomic E-state index is -0.960. The first-order valence-electron chi connectivity index (χ1n) is 9.60. The van der Waals surface area contributed by atoms with Crippen molar-refractivity contribution in [3.05, 3.63) is 35.4 Å². The van der Waals surface area contributed by atoms with Crippen LogP contribution in [-0.4, -0.2) is 58.3 Å². The molecule has 9 nitrogen and oxygen atoms in total. The summed E-state index contributed by atoms with van der Waals surface area (Å²) in [5.41, 5.74) is -0.468. The van der Waals surface area contributed by atoms with Gasteiger partial charge in [-0.3, -0.25) is 24.1 Å². The lowest BCUT2D eigenvalue weighted by molar-refractivity contribution is -0.150. The van der Waals surface area contributed by atoms with Gasteiger partial charge in [0.05, 0.1) is 11.1 Å². The summed E-state index contributed by atoms with van der Waals surface area (Å²) in [7, 11) is 0. The lowest BCUT2D eigenvalue weighted by Gasteiger charge is -2.36. The average Bonchev–Trinajstić information content (AvgIpc) is 3.09. The largest absolute Gasteiger partial charge is 0.442 e. The zero-order valence-electron chi connectivity index (χ0n) is 16.0. The van der Waals surface area contributed by atoms with Crippen molar-refractivity contribution in [2.24, 2.45) is 5.92 Å². The number of benzene rings is 1. The first-order valence-corrected chi connectivity index (χ1v) is 9.60. The van der Waals surface area contributed by atoms with Crippen molar-refractivity contribution in [2.45, 2.75) is 38.1 Å². The summed E-state index contributed by atoms with van der Waals surface area (Å²) in [5, 5.41) is 2.76. The van der Waals surface area contributed by atoms with E-state index in [9.17, 15) is 24.0 Å². The molecule has 1 saturated carbocycles.